The van der Waals surface area contributed by atoms with Crippen LogP contribution in [0.2, 0.25) is 0 Å². The summed E-state index contributed by atoms with van der Waals surface area (Å²) in [7, 11) is 1.68. The lowest BCUT2D eigenvalue weighted by molar-refractivity contribution is 0.413. The first-order valence-electron chi connectivity index (χ1n) is 5.46. The van der Waals surface area contributed by atoms with E-state index in [9.17, 15) is 0 Å². The van der Waals surface area contributed by atoms with Gasteiger partial charge in [0.25, 0.3) is 0 Å². The van der Waals surface area contributed by atoms with Crippen molar-refractivity contribution in [3.63, 3.8) is 0 Å². The van der Waals surface area contributed by atoms with Crippen LogP contribution in [0.25, 0.3) is 0 Å². The van der Waals surface area contributed by atoms with Gasteiger partial charge < -0.3 is 10.5 Å². The number of methoxy groups -OCH3 is 1. The third-order valence-electron chi connectivity index (χ3n) is 2.18. The highest BCUT2D eigenvalue weighted by atomic mass is 32.2. The molecule has 1 aromatic rings. The minimum absolute atomic E-state index is 0.285. The van der Waals surface area contributed by atoms with Crippen molar-refractivity contribution in [2.45, 2.75) is 32.1 Å². The summed E-state index contributed by atoms with van der Waals surface area (Å²) in [6.45, 7) is 4.02. The van der Waals surface area contributed by atoms with Gasteiger partial charge in [-0.05, 0) is 26.0 Å². The van der Waals surface area contributed by atoms with Crippen LogP contribution in [0.5, 0.6) is 5.75 Å². The molecule has 0 aliphatic heterocycles. The highest BCUT2D eigenvalue weighted by Crippen LogP contribution is 2.18. The maximum Gasteiger partial charge on any atom is 0.122 e. The number of nitrogens with zero attached hydrogens (tertiary/aromatic N) is 1. The van der Waals surface area contributed by atoms with Crippen LogP contribution in [-0.4, -0.2) is 23.9 Å². The molecule has 16 heavy (non-hydrogen) atoms. The van der Waals surface area contributed by atoms with E-state index in [1.807, 2.05) is 37.7 Å². The number of rotatable bonds is 6. The van der Waals surface area contributed by atoms with Gasteiger partial charge in [0.05, 0.1) is 12.8 Å². The van der Waals surface area contributed by atoms with Gasteiger partial charge in [-0.25, -0.2) is 0 Å². The van der Waals surface area contributed by atoms with E-state index >= 15 is 0 Å². The van der Waals surface area contributed by atoms with E-state index in [4.69, 9.17) is 10.5 Å². The Morgan fingerprint density at radius 2 is 2.25 bits per heavy atom. The summed E-state index contributed by atoms with van der Waals surface area (Å²) in [5, 5.41) is 0. The Bertz CT molecular complexity index is 329. The maximum absolute atomic E-state index is 5.69. The van der Waals surface area contributed by atoms with Gasteiger partial charge in [-0.15, -0.1) is 0 Å². The minimum atomic E-state index is 0.285. The van der Waals surface area contributed by atoms with Gasteiger partial charge in [0.2, 0.25) is 0 Å². The summed E-state index contributed by atoms with van der Waals surface area (Å²) in [4.78, 5) is 4.47. The molecule has 0 fully saturated rings. The van der Waals surface area contributed by atoms with E-state index in [1.54, 1.807) is 7.11 Å². The first kappa shape index (κ1) is 13.3. The molecular weight excluding hydrogens is 220 g/mol. The van der Waals surface area contributed by atoms with Crippen molar-refractivity contribution in [2.75, 3.05) is 12.9 Å². The zero-order chi connectivity index (χ0) is 12.0. The zero-order valence-corrected chi connectivity index (χ0v) is 11.0. The van der Waals surface area contributed by atoms with Crippen LogP contribution in [0.1, 0.15) is 24.7 Å². The van der Waals surface area contributed by atoms with Crippen molar-refractivity contribution in [2.24, 2.45) is 5.73 Å². The first-order chi connectivity index (χ1) is 7.61. The fourth-order valence-electron chi connectivity index (χ4n) is 1.34. The van der Waals surface area contributed by atoms with Crippen LogP contribution in [0.4, 0.5) is 0 Å². The van der Waals surface area contributed by atoms with Gasteiger partial charge in [0.1, 0.15) is 5.75 Å². The van der Waals surface area contributed by atoms with Crippen LogP contribution >= 0.6 is 11.8 Å². The molecule has 0 saturated heterocycles. The molecule has 0 amide bonds. The van der Waals surface area contributed by atoms with Crippen molar-refractivity contribution in [1.82, 2.24) is 4.98 Å². The Kier molecular flexibility index (Phi) is 5.63. The molecule has 0 aliphatic rings. The van der Waals surface area contributed by atoms with Crippen molar-refractivity contribution in [3.8, 4) is 5.75 Å². The first-order valence-corrected chi connectivity index (χ1v) is 6.62. The fourth-order valence-corrected chi connectivity index (χ4v) is 2.38. The molecule has 1 atom stereocenters. The van der Waals surface area contributed by atoms with Gasteiger partial charge in [0.15, 0.2) is 0 Å². The van der Waals surface area contributed by atoms with Crippen molar-refractivity contribution < 1.29 is 4.74 Å². The van der Waals surface area contributed by atoms with Gasteiger partial charge in [-0.3, -0.25) is 4.98 Å². The molecule has 0 saturated carbocycles. The van der Waals surface area contributed by atoms with Crippen molar-refractivity contribution >= 4 is 11.8 Å². The van der Waals surface area contributed by atoms with E-state index in [1.165, 1.54) is 0 Å². The number of nitrogens with two attached hydrogens (primary N) is 1. The fraction of sp³-hybridized carbons (Fsp3) is 0.583. The number of hydrogen-bond donors (Lipinski definition) is 1. The number of pyridine rings is 1. The van der Waals surface area contributed by atoms with Gasteiger partial charge in [0, 0.05) is 29.6 Å². The Balaban J connectivity index is 2.44. The molecule has 1 rings (SSSR count). The predicted octanol–water partition coefficient (Wildman–Crippen LogP) is 2.37. The average Bonchev–Trinajstić information content (AvgIpc) is 2.23. The SMILES string of the molecule is COc1cc(C)nc(CSCCC(C)N)c1. The normalized spacial score (nSPS) is 12.5. The third kappa shape index (κ3) is 4.86. The lowest BCUT2D eigenvalue weighted by Gasteiger charge is -2.07. The van der Waals surface area contributed by atoms with Gasteiger partial charge in [-0.1, -0.05) is 0 Å². The second kappa shape index (κ2) is 6.76. The summed E-state index contributed by atoms with van der Waals surface area (Å²) in [6, 6.07) is 4.22. The number of thioether (sulfide) groups is 1. The smallest absolute Gasteiger partial charge is 0.122 e. The lowest BCUT2D eigenvalue weighted by Crippen LogP contribution is -2.15. The predicted molar refractivity (Wildman–Crippen MR) is 70.0 cm³/mol. The molecule has 1 unspecified atom stereocenters. The number of aromatic nitrogens is 1. The van der Waals surface area contributed by atoms with E-state index < -0.39 is 0 Å². The van der Waals surface area contributed by atoms with Crippen LogP contribution in [-0.2, 0) is 5.75 Å². The highest BCUT2D eigenvalue weighted by Gasteiger charge is 2.01. The van der Waals surface area contributed by atoms with Crippen LogP contribution in [0.3, 0.4) is 0 Å². The summed E-state index contributed by atoms with van der Waals surface area (Å²) >= 11 is 1.86. The molecule has 0 bridgehead atoms. The maximum atomic E-state index is 5.69. The molecule has 0 spiro atoms. The molecule has 0 radical (unpaired) electrons. The van der Waals surface area contributed by atoms with Gasteiger partial charge in [-0.2, -0.15) is 11.8 Å². The summed E-state index contributed by atoms with van der Waals surface area (Å²) in [5.41, 5.74) is 7.77. The van der Waals surface area contributed by atoms with E-state index in [0.29, 0.717) is 0 Å². The largest absolute Gasteiger partial charge is 0.497 e. The highest BCUT2D eigenvalue weighted by molar-refractivity contribution is 7.98. The Morgan fingerprint density at radius 3 is 2.88 bits per heavy atom. The average molecular weight is 240 g/mol. The van der Waals surface area contributed by atoms with Crippen LogP contribution in [0.15, 0.2) is 12.1 Å². The molecule has 4 heteroatoms. The standard InChI is InChI=1S/C12H20N2OS/c1-9(13)4-5-16-8-11-7-12(15-3)6-10(2)14-11/h6-7,9H,4-5,8,13H2,1-3H3. The van der Waals surface area contributed by atoms with E-state index in [2.05, 4.69) is 4.98 Å². The van der Waals surface area contributed by atoms with E-state index in [-0.39, 0.29) is 6.04 Å². The Morgan fingerprint density at radius 1 is 1.50 bits per heavy atom. The van der Waals surface area contributed by atoms with E-state index in [0.717, 1.165) is 35.1 Å². The molecule has 1 heterocycles. The van der Waals surface area contributed by atoms with Crippen LogP contribution < -0.4 is 10.5 Å². The van der Waals surface area contributed by atoms with Crippen molar-refractivity contribution in [1.29, 1.82) is 0 Å². The summed E-state index contributed by atoms with van der Waals surface area (Å²) in [5.74, 6) is 2.88. The number of hydrogen-bond acceptors (Lipinski definition) is 4. The topological polar surface area (TPSA) is 48.1 Å². The molecule has 90 valence electrons. The third-order valence-corrected chi connectivity index (χ3v) is 3.21. The second-order valence-electron chi connectivity index (χ2n) is 3.96. The molecular formula is C12H20N2OS. The molecule has 0 aromatic carbocycles. The second-order valence-corrected chi connectivity index (χ2v) is 5.06. The number of ether oxygens (including phenoxy) is 1. The zero-order valence-electron chi connectivity index (χ0n) is 10.2. The minimum Gasteiger partial charge on any atom is -0.497 e. The number of aryl methyl sites for hydroxylation is 1. The molecule has 2 N–H and O–H groups in total. The Labute approximate surface area is 102 Å². The monoisotopic (exact) mass is 240 g/mol. The summed E-state index contributed by atoms with van der Waals surface area (Å²) in [6.07, 6.45) is 1.05. The van der Waals surface area contributed by atoms with Crippen LogP contribution in [0, 0.1) is 6.92 Å². The molecule has 0 aliphatic carbocycles. The lowest BCUT2D eigenvalue weighted by atomic mass is 10.3. The van der Waals surface area contributed by atoms with Crippen molar-refractivity contribution in [3.05, 3.63) is 23.5 Å². The quantitative estimate of drug-likeness (QED) is 0.776. The molecule has 3 nitrogen and oxygen atoms in total. The van der Waals surface area contributed by atoms with Gasteiger partial charge >= 0.3 is 0 Å². The Hall–Kier alpha value is -0.740. The summed E-state index contributed by atoms with van der Waals surface area (Å²) < 4.78 is 5.21. The molecule has 1 aromatic heterocycles.